The van der Waals surface area contributed by atoms with Crippen LogP contribution in [0.25, 0.3) is 6.08 Å². The van der Waals surface area contributed by atoms with E-state index in [1.54, 1.807) is 16.7 Å². The van der Waals surface area contributed by atoms with Crippen molar-refractivity contribution >= 4 is 57.7 Å². The van der Waals surface area contributed by atoms with E-state index in [0.717, 1.165) is 21.7 Å². The summed E-state index contributed by atoms with van der Waals surface area (Å²) in [5, 5.41) is 0. The Labute approximate surface area is 162 Å². The number of amides is 1. The van der Waals surface area contributed by atoms with Crippen molar-refractivity contribution in [1.82, 2.24) is 0 Å². The number of hydrogen-bond acceptors (Lipinski definition) is 4. The molecule has 0 N–H and O–H groups in total. The number of hydrogen-bond donors (Lipinski definition) is 0. The van der Waals surface area contributed by atoms with Gasteiger partial charge >= 0.3 is 0 Å². The van der Waals surface area contributed by atoms with Crippen LogP contribution in [0.2, 0.25) is 0 Å². The second kappa shape index (κ2) is 8.04. The molecule has 0 spiro atoms. The van der Waals surface area contributed by atoms with E-state index in [9.17, 15) is 4.79 Å². The van der Waals surface area contributed by atoms with Gasteiger partial charge in [-0.15, -0.1) is 11.8 Å². The number of carbonyl (C=O) groups is 1. The summed E-state index contributed by atoms with van der Waals surface area (Å²) in [6.07, 6.45) is 5.98. The maximum absolute atomic E-state index is 12.8. The fourth-order valence-corrected chi connectivity index (χ4v) is 4.30. The van der Waals surface area contributed by atoms with Gasteiger partial charge in [0.05, 0.1) is 10.6 Å². The Bertz CT molecular complexity index is 872. The number of allylic oxidation sites excluding steroid dienone is 2. The number of thiocarbonyl (C=S) groups is 1. The average Bonchev–Trinajstić information content (AvgIpc) is 2.89. The maximum atomic E-state index is 12.8. The van der Waals surface area contributed by atoms with E-state index in [-0.39, 0.29) is 5.91 Å². The van der Waals surface area contributed by atoms with Gasteiger partial charge in [0.2, 0.25) is 0 Å². The van der Waals surface area contributed by atoms with Gasteiger partial charge < -0.3 is 0 Å². The summed E-state index contributed by atoms with van der Waals surface area (Å²) < 4.78 is 0.571. The van der Waals surface area contributed by atoms with Gasteiger partial charge in [0.1, 0.15) is 0 Å². The third kappa shape index (κ3) is 4.24. The van der Waals surface area contributed by atoms with Crippen LogP contribution in [0, 0.1) is 0 Å². The monoisotopic (exact) mass is 383 g/mol. The van der Waals surface area contributed by atoms with Crippen LogP contribution in [-0.4, -0.2) is 16.5 Å². The molecule has 2 nitrogen and oxygen atoms in total. The van der Waals surface area contributed by atoms with Gasteiger partial charge in [0, 0.05) is 4.90 Å². The molecular formula is C20H17NOS3. The fraction of sp³-hybridized carbons (Fsp3) is 0.100. The Morgan fingerprint density at radius 2 is 1.92 bits per heavy atom. The van der Waals surface area contributed by atoms with Gasteiger partial charge in [-0.05, 0) is 48.6 Å². The molecule has 1 aliphatic heterocycles. The third-order valence-corrected chi connectivity index (χ3v) is 5.69. The molecule has 1 heterocycles. The maximum Gasteiger partial charge on any atom is 0.270 e. The minimum atomic E-state index is -0.0611. The normalized spacial score (nSPS) is 16.8. The summed E-state index contributed by atoms with van der Waals surface area (Å²) in [4.78, 5) is 16.2. The van der Waals surface area contributed by atoms with Crippen molar-refractivity contribution in [1.29, 1.82) is 0 Å². The molecule has 1 fully saturated rings. The number of nitrogens with zero attached hydrogens (tertiary/aromatic N) is 1. The predicted octanol–water partition coefficient (Wildman–Crippen LogP) is 5.76. The Morgan fingerprint density at radius 1 is 1.16 bits per heavy atom. The highest BCUT2D eigenvalue weighted by Crippen LogP contribution is 2.36. The fourth-order valence-electron chi connectivity index (χ4n) is 2.50. The lowest BCUT2D eigenvalue weighted by Crippen LogP contribution is -2.27. The van der Waals surface area contributed by atoms with Crippen LogP contribution in [0.15, 0.2) is 76.0 Å². The Morgan fingerprint density at radius 3 is 2.64 bits per heavy atom. The van der Waals surface area contributed by atoms with Crippen LogP contribution in [0.5, 0.6) is 0 Å². The topological polar surface area (TPSA) is 20.3 Å². The molecule has 0 unspecified atom stereocenters. The zero-order valence-electron chi connectivity index (χ0n) is 13.9. The zero-order valence-corrected chi connectivity index (χ0v) is 16.4. The van der Waals surface area contributed by atoms with Gasteiger partial charge in [-0.2, -0.15) is 0 Å². The number of rotatable bonds is 4. The summed E-state index contributed by atoms with van der Waals surface area (Å²) in [5.74, 6) is -0.0611. The Balaban J connectivity index is 1.86. The van der Waals surface area contributed by atoms with Crippen LogP contribution in [0.4, 0.5) is 5.69 Å². The number of carbonyl (C=O) groups excluding carboxylic acids is 1. The standard InChI is InChI=1S/C20H17NOS3/c1-14(11-15-7-4-3-5-8-15)12-18-19(22)21(20(23)25-18)16-9-6-10-17(13-16)24-2/h3-13H,1-2H3/b14-11+,18-12+. The molecule has 1 aliphatic rings. The van der Waals surface area contributed by atoms with E-state index in [1.807, 2.05) is 73.9 Å². The van der Waals surface area contributed by atoms with Crippen molar-refractivity contribution in [2.45, 2.75) is 11.8 Å². The molecule has 0 atom stereocenters. The smallest absolute Gasteiger partial charge is 0.268 e. The van der Waals surface area contributed by atoms with Gasteiger partial charge in [-0.1, -0.05) is 66.5 Å². The first-order chi connectivity index (χ1) is 12.1. The second-order valence-electron chi connectivity index (χ2n) is 5.52. The Kier molecular flexibility index (Phi) is 5.78. The van der Waals surface area contributed by atoms with Crippen LogP contribution in [0.1, 0.15) is 12.5 Å². The predicted molar refractivity (Wildman–Crippen MR) is 114 cm³/mol. The van der Waals surface area contributed by atoms with Crippen LogP contribution in [-0.2, 0) is 4.79 Å². The molecule has 126 valence electrons. The molecule has 2 aromatic rings. The molecule has 0 saturated carbocycles. The Hall–Kier alpha value is -1.82. The van der Waals surface area contributed by atoms with Gasteiger partial charge in [-0.25, -0.2) is 0 Å². The quantitative estimate of drug-likeness (QED) is 0.380. The molecule has 0 aromatic heterocycles. The number of benzene rings is 2. The lowest BCUT2D eigenvalue weighted by atomic mass is 10.1. The highest BCUT2D eigenvalue weighted by molar-refractivity contribution is 8.27. The van der Waals surface area contributed by atoms with Crippen molar-refractivity contribution < 1.29 is 4.79 Å². The van der Waals surface area contributed by atoms with E-state index in [1.165, 1.54) is 11.8 Å². The summed E-state index contributed by atoms with van der Waals surface area (Å²) >= 11 is 8.44. The first kappa shape index (κ1) is 18.0. The van der Waals surface area contributed by atoms with E-state index >= 15 is 0 Å². The minimum absolute atomic E-state index is 0.0611. The van der Waals surface area contributed by atoms with E-state index in [4.69, 9.17) is 12.2 Å². The summed E-state index contributed by atoms with van der Waals surface area (Å²) in [6, 6.07) is 17.9. The van der Waals surface area contributed by atoms with Crippen LogP contribution < -0.4 is 4.90 Å². The lowest BCUT2D eigenvalue weighted by molar-refractivity contribution is -0.113. The molecule has 3 rings (SSSR count). The molecule has 2 aromatic carbocycles. The largest absolute Gasteiger partial charge is 0.270 e. The number of anilines is 1. The van der Waals surface area contributed by atoms with E-state index < -0.39 is 0 Å². The second-order valence-corrected chi connectivity index (χ2v) is 8.07. The molecule has 5 heteroatoms. The summed E-state index contributed by atoms with van der Waals surface area (Å²) in [6.45, 7) is 1.99. The molecule has 25 heavy (non-hydrogen) atoms. The SMILES string of the molecule is CSc1cccc(N2C(=O)/C(=C\C(C)=C\c3ccccc3)SC2=S)c1. The highest BCUT2D eigenvalue weighted by atomic mass is 32.2. The van der Waals surface area contributed by atoms with Gasteiger partial charge in [0.25, 0.3) is 5.91 Å². The minimum Gasteiger partial charge on any atom is -0.268 e. The molecule has 1 amide bonds. The van der Waals surface area contributed by atoms with Crippen molar-refractivity contribution in [2.24, 2.45) is 0 Å². The lowest BCUT2D eigenvalue weighted by Gasteiger charge is -2.15. The summed E-state index contributed by atoms with van der Waals surface area (Å²) in [5.41, 5.74) is 2.95. The molecule has 0 radical (unpaired) electrons. The van der Waals surface area contributed by atoms with Crippen molar-refractivity contribution in [2.75, 3.05) is 11.2 Å². The third-order valence-electron chi connectivity index (χ3n) is 3.66. The van der Waals surface area contributed by atoms with Gasteiger partial charge in [0.15, 0.2) is 4.32 Å². The van der Waals surface area contributed by atoms with Gasteiger partial charge in [-0.3, -0.25) is 9.69 Å². The number of thioether (sulfide) groups is 2. The summed E-state index contributed by atoms with van der Waals surface area (Å²) in [7, 11) is 0. The highest BCUT2D eigenvalue weighted by Gasteiger charge is 2.33. The molecular weight excluding hydrogens is 366 g/mol. The van der Waals surface area contributed by atoms with E-state index in [2.05, 4.69) is 6.08 Å². The molecule has 0 bridgehead atoms. The van der Waals surface area contributed by atoms with Crippen LogP contribution in [0.3, 0.4) is 0 Å². The first-order valence-electron chi connectivity index (χ1n) is 7.74. The van der Waals surface area contributed by atoms with Crippen LogP contribution >= 0.6 is 35.7 Å². The van der Waals surface area contributed by atoms with Crippen molar-refractivity contribution in [3.8, 4) is 0 Å². The van der Waals surface area contributed by atoms with E-state index in [0.29, 0.717) is 9.23 Å². The average molecular weight is 384 g/mol. The molecule has 1 saturated heterocycles. The van der Waals surface area contributed by atoms with Crippen molar-refractivity contribution in [3.63, 3.8) is 0 Å². The first-order valence-corrected chi connectivity index (χ1v) is 10.2. The molecule has 0 aliphatic carbocycles. The van der Waals surface area contributed by atoms with Crippen molar-refractivity contribution in [3.05, 3.63) is 76.7 Å². The zero-order chi connectivity index (χ0) is 17.8.